The van der Waals surface area contributed by atoms with Gasteiger partial charge in [-0.3, -0.25) is 4.79 Å². The third-order valence-electron chi connectivity index (χ3n) is 3.49. The summed E-state index contributed by atoms with van der Waals surface area (Å²) in [6.07, 6.45) is 0.778. The molecule has 110 valence electrons. The van der Waals surface area contributed by atoms with Crippen LogP contribution in [0.25, 0.3) is 0 Å². The number of rotatable bonds is 5. The Hall–Kier alpha value is -1.95. The minimum atomic E-state index is -0.843. The largest absolute Gasteiger partial charge is 0.493 e. The molecule has 2 rings (SSSR count). The van der Waals surface area contributed by atoms with Gasteiger partial charge in [-0.15, -0.1) is 0 Å². The lowest BCUT2D eigenvalue weighted by Gasteiger charge is -2.29. The average molecular weight is 281 g/mol. The predicted octanol–water partition coefficient (Wildman–Crippen LogP) is 1.37. The molecule has 2 N–H and O–H groups in total. The molecule has 1 heterocycles. The summed E-state index contributed by atoms with van der Waals surface area (Å²) in [5, 5.41) is 12.2. The van der Waals surface area contributed by atoms with Crippen LogP contribution in [0.5, 0.6) is 17.2 Å². The van der Waals surface area contributed by atoms with E-state index in [1.165, 1.54) is 0 Å². The van der Waals surface area contributed by atoms with Crippen LogP contribution in [0, 0.1) is 0 Å². The summed E-state index contributed by atoms with van der Waals surface area (Å²) in [4.78, 5) is 11.0. The van der Waals surface area contributed by atoms with Gasteiger partial charge in [0.05, 0.1) is 27.8 Å². The molecular formula is C14H19NO5. The van der Waals surface area contributed by atoms with E-state index in [4.69, 9.17) is 19.3 Å². The summed E-state index contributed by atoms with van der Waals surface area (Å²) in [5.41, 5.74) is 1.88. The Balaban J connectivity index is 2.56. The highest BCUT2D eigenvalue weighted by Crippen LogP contribution is 2.45. The summed E-state index contributed by atoms with van der Waals surface area (Å²) >= 11 is 0. The van der Waals surface area contributed by atoms with E-state index in [-0.39, 0.29) is 12.5 Å². The van der Waals surface area contributed by atoms with E-state index >= 15 is 0 Å². The molecule has 0 spiro atoms. The van der Waals surface area contributed by atoms with E-state index in [0.29, 0.717) is 23.8 Å². The molecule has 0 saturated heterocycles. The minimum Gasteiger partial charge on any atom is -0.493 e. The number of fused-ring (bicyclic) bond motifs is 1. The number of carboxylic acid groups (broad SMARTS) is 1. The lowest BCUT2D eigenvalue weighted by Crippen LogP contribution is -2.31. The zero-order chi connectivity index (χ0) is 14.7. The van der Waals surface area contributed by atoms with Gasteiger partial charge < -0.3 is 24.6 Å². The van der Waals surface area contributed by atoms with Gasteiger partial charge in [-0.05, 0) is 24.6 Å². The number of benzene rings is 1. The van der Waals surface area contributed by atoms with Crippen LogP contribution < -0.4 is 19.5 Å². The van der Waals surface area contributed by atoms with Crippen LogP contribution in [-0.2, 0) is 11.2 Å². The molecule has 1 aromatic rings. The summed E-state index contributed by atoms with van der Waals surface area (Å²) < 4.78 is 16.1. The summed E-state index contributed by atoms with van der Waals surface area (Å²) in [5.74, 6) is 0.870. The first-order valence-electron chi connectivity index (χ1n) is 6.39. The van der Waals surface area contributed by atoms with Crippen molar-refractivity contribution in [3.63, 3.8) is 0 Å². The Kier molecular flexibility index (Phi) is 4.34. The number of ether oxygens (including phenoxy) is 3. The van der Waals surface area contributed by atoms with Crippen molar-refractivity contribution in [1.29, 1.82) is 0 Å². The number of methoxy groups -OCH3 is 3. The van der Waals surface area contributed by atoms with E-state index in [2.05, 4.69) is 5.32 Å². The van der Waals surface area contributed by atoms with Crippen LogP contribution in [0.4, 0.5) is 0 Å². The molecule has 0 aliphatic carbocycles. The third-order valence-corrected chi connectivity index (χ3v) is 3.49. The van der Waals surface area contributed by atoms with Crippen molar-refractivity contribution in [3.05, 3.63) is 17.2 Å². The number of hydrogen-bond donors (Lipinski definition) is 2. The molecule has 0 fully saturated rings. The van der Waals surface area contributed by atoms with Crippen LogP contribution in [-0.4, -0.2) is 38.9 Å². The number of aliphatic carboxylic acids is 1. The molecular weight excluding hydrogens is 262 g/mol. The SMILES string of the molecule is COc1cc2c(c(OC)c1OC)CCNC2CC(=O)O. The predicted molar refractivity (Wildman–Crippen MR) is 72.8 cm³/mol. The molecule has 1 aliphatic rings. The second-order valence-corrected chi connectivity index (χ2v) is 4.57. The third kappa shape index (κ3) is 2.51. The van der Waals surface area contributed by atoms with Gasteiger partial charge in [0, 0.05) is 11.6 Å². The van der Waals surface area contributed by atoms with Crippen LogP contribution in [0.2, 0.25) is 0 Å². The first-order valence-corrected chi connectivity index (χ1v) is 6.39. The molecule has 1 atom stereocenters. The second-order valence-electron chi connectivity index (χ2n) is 4.57. The summed E-state index contributed by atoms with van der Waals surface area (Å²) in [7, 11) is 4.68. The van der Waals surface area contributed by atoms with Crippen LogP contribution >= 0.6 is 0 Å². The smallest absolute Gasteiger partial charge is 0.305 e. The Morgan fingerprint density at radius 2 is 2.00 bits per heavy atom. The van der Waals surface area contributed by atoms with Gasteiger partial charge in [-0.25, -0.2) is 0 Å². The van der Waals surface area contributed by atoms with Gasteiger partial charge in [0.1, 0.15) is 0 Å². The lowest BCUT2D eigenvalue weighted by atomic mass is 9.91. The summed E-state index contributed by atoms with van der Waals surface area (Å²) in [6.45, 7) is 0.705. The molecule has 1 aromatic carbocycles. The Morgan fingerprint density at radius 3 is 2.55 bits per heavy atom. The van der Waals surface area contributed by atoms with Crippen molar-refractivity contribution in [3.8, 4) is 17.2 Å². The maximum absolute atomic E-state index is 11.0. The lowest BCUT2D eigenvalue weighted by molar-refractivity contribution is -0.137. The maximum Gasteiger partial charge on any atom is 0.305 e. The molecule has 6 heteroatoms. The fourth-order valence-electron chi connectivity index (χ4n) is 2.64. The Bertz CT molecular complexity index is 515. The zero-order valence-electron chi connectivity index (χ0n) is 11.9. The quantitative estimate of drug-likeness (QED) is 0.849. The van der Waals surface area contributed by atoms with Crippen LogP contribution in [0.1, 0.15) is 23.6 Å². The molecule has 6 nitrogen and oxygen atoms in total. The molecule has 0 bridgehead atoms. The van der Waals surface area contributed by atoms with Gasteiger partial charge in [0.2, 0.25) is 5.75 Å². The maximum atomic E-state index is 11.0. The summed E-state index contributed by atoms with van der Waals surface area (Å²) in [6, 6.07) is 1.58. The highest BCUT2D eigenvalue weighted by Gasteiger charge is 2.28. The number of carboxylic acids is 1. The van der Waals surface area contributed by atoms with Gasteiger partial charge in [-0.2, -0.15) is 0 Å². The van der Waals surface area contributed by atoms with Gasteiger partial charge in [0.15, 0.2) is 11.5 Å². The van der Waals surface area contributed by atoms with Crippen molar-refractivity contribution >= 4 is 5.97 Å². The molecule has 20 heavy (non-hydrogen) atoms. The number of hydrogen-bond acceptors (Lipinski definition) is 5. The number of carbonyl (C=O) groups is 1. The molecule has 0 amide bonds. The van der Waals surface area contributed by atoms with Gasteiger partial charge in [0.25, 0.3) is 0 Å². The van der Waals surface area contributed by atoms with Crippen molar-refractivity contribution in [2.45, 2.75) is 18.9 Å². The minimum absolute atomic E-state index is 0.0195. The topological polar surface area (TPSA) is 77.0 Å². The standard InChI is InChI=1S/C14H19NO5/c1-18-11-6-9-8(13(19-2)14(11)20-3)4-5-15-10(9)7-12(16)17/h6,10,15H,4-5,7H2,1-3H3,(H,16,17). The van der Waals surface area contributed by atoms with Crippen LogP contribution in [0.15, 0.2) is 6.07 Å². The highest BCUT2D eigenvalue weighted by molar-refractivity contribution is 5.69. The fourth-order valence-corrected chi connectivity index (χ4v) is 2.64. The zero-order valence-corrected chi connectivity index (χ0v) is 11.9. The molecule has 0 radical (unpaired) electrons. The molecule has 0 saturated carbocycles. The first kappa shape index (κ1) is 14.5. The Labute approximate surface area is 117 Å². The van der Waals surface area contributed by atoms with Gasteiger partial charge >= 0.3 is 5.97 Å². The average Bonchev–Trinajstić information content (AvgIpc) is 2.44. The fraction of sp³-hybridized carbons (Fsp3) is 0.500. The second kappa shape index (κ2) is 6.00. The highest BCUT2D eigenvalue weighted by atomic mass is 16.5. The van der Waals surface area contributed by atoms with E-state index < -0.39 is 5.97 Å². The normalized spacial score (nSPS) is 17.2. The van der Waals surface area contributed by atoms with E-state index in [1.54, 1.807) is 21.3 Å². The van der Waals surface area contributed by atoms with E-state index in [1.807, 2.05) is 6.07 Å². The molecule has 0 aromatic heterocycles. The van der Waals surface area contributed by atoms with E-state index in [9.17, 15) is 4.79 Å². The Morgan fingerprint density at radius 1 is 1.30 bits per heavy atom. The number of nitrogens with one attached hydrogen (secondary N) is 1. The van der Waals surface area contributed by atoms with Gasteiger partial charge in [-0.1, -0.05) is 0 Å². The van der Waals surface area contributed by atoms with Crippen molar-refractivity contribution in [2.75, 3.05) is 27.9 Å². The first-order chi connectivity index (χ1) is 9.62. The van der Waals surface area contributed by atoms with Crippen molar-refractivity contribution in [2.24, 2.45) is 0 Å². The monoisotopic (exact) mass is 281 g/mol. The van der Waals surface area contributed by atoms with E-state index in [0.717, 1.165) is 17.5 Å². The van der Waals surface area contributed by atoms with Crippen molar-refractivity contribution in [1.82, 2.24) is 5.32 Å². The van der Waals surface area contributed by atoms with Crippen molar-refractivity contribution < 1.29 is 24.1 Å². The molecule has 1 aliphatic heterocycles. The van der Waals surface area contributed by atoms with Crippen LogP contribution in [0.3, 0.4) is 0 Å². The molecule has 1 unspecified atom stereocenters.